The van der Waals surface area contributed by atoms with E-state index in [-0.39, 0.29) is 11.9 Å². The summed E-state index contributed by atoms with van der Waals surface area (Å²) in [5.41, 5.74) is 2.68. The van der Waals surface area contributed by atoms with E-state index in [1.54, 1.807) is 6.20 Å². The van der Waals surface area contributed by atoms with Crippen LogP contribution in [0.2, 0.25) is 0 Å². The van der Waals surface area contributed by atoms with Crippen LogP contribution in [0.3, 0.4) is 0 Å². The van der Waals surface area contributed by atoms with Gasteiger partial charge in [-0.25, -0.2) is 4.98 Å². The van der Waals surface area contributed by atoms with Crippen LogP contribution in [0.25, 0.3) is 5.65 Å². The van der Waals surface area contributed by atoms with Crippen molar-refractivity contribution < 1.29 is 4.79 Å². The Hall–Kier alpha value is -2.74. The molecule has 1 N–H and O–H groups in total. The standard InChI is InChI=1S/C16H19N7O/c1-10-6-12(7-22-5-4-17-15(10)22)18-16(24)13-8-23-11(2)19-20-14(23)9-21(13)3/h4-7,13H,8-9H2,1-3H3,(H,18,24). The fourth-order valence-corrected chi connectivity index (χ4v) is 3.21. The largest absolute Gasteiger partial charge is 0.323 e. The topological polar surface area (TPSA) is 80.4 Å². The van der Waals surface area contributed by atoms with Gasteiger partial charge in [0.05, 0.1) is 18.8 Å². The number of imidazole rings is 1. The molecule has 0 aromatic carbocycles. The van der Waals surface area contributed by atoms with Gasteiger partial charge in [-0.3, -0.25) is 9.69 Å². The predicted molar refractivity (Wildman–Crippen MR) is 88.6 cm³/mol. The number of nitrogens with zero attached hydrogens (tertiary/aromatic N) is 6. The van der Waals surface area contributed by atoms with Gasteiger partial charge >= 0.3 is 0 Å². The van der Waals surface area contributed by atoms with Crippen LogP contribution in [0.15, 0.2) is 24.7 Å². The molecule has 0 saturated carbocycles. The molecule has 4 heterocycles. The number of aromatic nitrogens is 5. The SMILES string of the molecule is Cc1cc(NC(=O)C2Cn3c(C)nnc3CN2C)cn2ccnc12. The Morgan fingerprint density at radius 3 is 3.00 bits per heavy atom. The Balaban J connectivity index is 1.58. The highest BCUT2D eigenvalue weighted by Crippen LogP contribution is 2.19. The van der Waals surface area contributed by atoms with Crippen LogP contribution >= 0.6 is 0 Å². The Morgan fingerprint density at radius 2 is 2.17 bits per heavy atom. The van der Waals surface area contributed by atoms with E-state index in [9.17, 15) is 4.79 Å². The van der Waals surface area contributed by atoms with Crippen molar-refractivity contribution in [2.75, 3.05) is 12.4 Å². The average molecular weight is 325 g/mol. The third-order valence-electron chi connectivity index (χ3n) is 4.53. The first-order chi connectivity index (χ1) is 11.5. The molecule has 0 bridgehead atoms. The van der Waals surface area contributed by atoms with Gasteiger partial charge in [-0.2, -0.15) is 0 Å². The Kier molecular flexibility index (Phi) is 3.34. The second kappa shape index (κ2) is 5.41. The first-order valence-electron chi connectivity index (χ1n) is 7.86. The summed E-state index contributed by atoms with van der Waals surface area (Å²) >= 11 is 0. The molecule has 0 fully saturated rings. The normalized spacial score (nSPS) is 17.9. The van der Waals surface area contributed by atoms with E-state index in [0.717, 1.165) is 28.5 Å². The lowest BCUT2D eigenvalue weighted by molar-refractivity contribution is -0.122. The lowest BCUT2D eigenvalue weighted by Gasteiger charge is -2.32. The van der Waals surface area contributed by atoms with Gasteiger partial charge in [-0.05, 0) is 32.5 Å². The summed E-state index contributed by atoms with van der Waals surface area (Å²) in [7, 11) is 1.93. The minimum absolute atomic E-state index is 0.0323. The smallest absolute Gasteiger partial charge is 0.243 e. The highest BCUT2D eigenvalue weighted by atomic mass is 16.2. The van der Waals surface area contributed by atoms with E-state index >= 15 is 0 Å². The van der Waals surface area contributed by atoms with Crippen molar-refractivity contribution in [2.24, 2.45) is 0 Å². The second-order valence-electron chi connectivity index (χ2n) is 6.26. The van der Waals surface area contributed by atoms with Crippen molar-refractivity contribution in [2.45, 2.75) is 33.0 Å². The van der Waals surface area contributed by atoms with E-state index < -0.39 is 0 Å². The summed E-state index contributed by atoms with van der Waals surface area (Å²) in [6.45, 7) is 5.06. The van der Waals surface area contributed by atoms with Gasteiger partial charge in [-0.15, -0.1) is 10.2 Å². The maximum atomic E-state index is 12.8. The molecule has 0 spiro atoms. The minimum Gasteiger partial charge on any atom is -0.323 e. The molecule has 24 heavy (non-hydrogen) atoms. The van der Waals surface area contributed by atoms with Gasteiger partial charge in [0.15, 0.2) is 0 Å². The Bertz CT molecular complexity index is 926. The van der Waals surface area contributed by atoms with Crippen LogP contribution < -0.4 is 5.32 Å². The van der Waals surface area contributed by atoms with Crippen LogP contribution in [0.1, 0.15) is 17.2 Å². The van der Waals surface area contributed by atoms with Gasteiger partial charge in [0.1, 0.15) is 23.3 Å². The van der Waals surface area contributed by atoms with Gasteiger partial charge in [0.2, 0.25) is 5.91 Å². The fraction of sp³-hybridized carbons (Fsp3) is 0.375. The van der Waals surface area contributed by atoms with E-state index in [1.807, 2.05) is 53.2 Å². The summed E-state index contributed by atoms with van der Waals surface area (Å²) in [6, 6.07) is 1.68. The maximum absolute atomic E-state index is 12.8. The first kappa shape index (κ1) is 14.8. The van der Waals surface area contributed by atoms with E-state index in [1.165, 1.54) is 0 Å². The zero-order chi connectivity index (χ0) is 16.8. The molecule has 0 radical (unpaired) electrons. The van der Waals surface area contributed by atoms with Gasteiger partial charge < -0.3 is 14.3 Å². The molecule has 8 nitrogen and oxygen atoms in total. The van der Waals surface area contributed by atoms with E-state index in [2.05, 4.69) is 20.5 Å². The molecule has 1 amide bonds. The fourth-order valence-electron chi connectivity index (χ4n) is 3.21. The molecule has 1 aliphatic rings. The maximum Gasteiger partial charge on any atom is 0.243 e. The number of hydrogen-bond acceptors (Lipinski definition) is 5. The molecule has 4 rings (SSSR count). The van der Waals surface area contributed by atoms with Crippen molar-refractivity contribution in [1.29, 1.82) is 0 Å². The molecular weight excluding hydrogens is 306 g/mol. The number of likely N-dealkylation sites (N-methyl/N-ethyl adjacent to an activating group) is 1. The number of amides is 1. The third kappa shape index (κ3) is 2.35. The number of pyridine rings is 1. The number of fused-ring (bicyclic) bond motifs is 2. The Labute approximate surface area is 139 Å². The highest BCUT2D eigenvalue weighted by Gasteiger charge is 2.31. The Morgan fingerprint density at radius 1 is 1.33 bits per heavy atom. The van der Waals surface area contributed by atoms with Crippen molar-refractivity contribution in [1.82, 2.24) is 29.0 Å². The number of aryl methyl sites for hydroxylation is 2. The van der Waals surface area contributed by atoms with Crippen molar-refractivity contribution in [3.05, 3.63) is 41.9 Å². The molecule has 8 heteroatoms. The highest BCUT2D eigenvalue weighted by molar-refractivity contribution is 5.95. The summed E-state index contributed by atoms with van der Waals surface area (Å²) in [6.07, 6.45) is 5.50. The van der Waals surface area contributed by atoms with Crippen LogP contribution in [-0.4, -0.2) is 48.0 Å². The van der Waals surface area contributed by atoms with Gasteiger partial charge in [-0.1, -0.05) is 0 Å². The lowest BCUT2D eigenvalue weighted by atomic mass is 10.1. The van der Waals surface area contributed by atoms with Crippen molar-refractivity contribution in [3.63, 3.8) is 0 Å². The molecule has 3 aromatic heterocycles. The molecule has 0 aliphatic carbocycles. The van der Waals surface area contributed by atoms with Crippen molar-refractivity contribution >= 4 is 17.2 Å². The van der Waals surface area contributed by atoms with E-state index in [0.29, 0.717) is 13.1 Å². The van der Waals surface area contributed by atoms with Crippen LogP contribution in [0.4, 0.5) is 5.69 Å². The molecule has 0 saturated heterocycles. The monoisotopic (exact) mass is 325 g/mol. The number of carbonyl (C=O) groups excluding carboxylic acids is 1. The number of nitrogens with one attached hydrogen (secondary N) is 1. The predicted octanol–water partition coefficient (Wildman–Crippen LogP) is 0.995. The van der Waals surface area contributed by atoms with Gasteiger partial charge in [0, 0.05) is 18.6 Å². The summed E-state index contributed by atoms with van der Waals surface area (Å²) in [5, 5.41) is 11.3. The molecule has 1 unspecified atom stereocenters. The van der Waals surface area contributed by atoms with Crippen LogP contribution in [-0.2, 0) is 17.9 Å². The van der Waals surface area contributed by atoms with Crippen LogP contribution in [0.5, 0.6) is 0 Å². The molecule has 1 aliphatic heterocycles. The minimum atomic E-state index is -0.258. The zero-order valence-corrected chi connectivity index (χ0v) is 13.9. The first-order valence-corrected chi connectivity index (χ1v) is 7.86. The number of carbonyl (C=O) groups is 1. The van der Waals surface area contributed by atoms with Crippen LogP contribution in [0, 0.1) is 13.8 Å². The van der Waals surface area contributed by atoms with Gasteiger partial charge in [0.25, 0.3) is 0 Å². The number of anilines is 1. The quantitative estimate of drug-likeness (QED) is 0.760. The van der Waals surface area contributed by atoms with Crippen molar-refractivity contribution in [3.8, 4) is 0 Å². The molecular formula is C16H19N7O. The number of rotatable bonds is 2. The summed E-state index contributed by atoms with van der Waals surface area (Å²) in [4.78, 5) is 19.1. The average Bonchev–Trinajstić information content (AvgIpc) is 3.14. The summed E-state index contributed by atoms with van der Waals surface area (Å²) < 4.78 is 3.92. The third-order valence-corrected chi connectivity index (χ3v) is 4.53. The second-order valence-corrected chi connectivity index (χ2v) is 6.26. The zero-order valence-electron chi connectivity index (χ0n) is 13.9. The lowest BCUT2D eigenvalue weighted by Crippen LogP contribution is -2.48. The van der Waals surface area contributed by atoms with E-state index in [4.69, 9.17) is 0 Å². The summed E-state index contributed by atoms with van der Waals surface area (Å²) in [5.74, 6) is 1.71. The number of hydrogen-bond donors (Lipinski definition) is 1. The molecule has 3 aromatic rings. The molecule has 1 atom stereocenters. The molecule has 124 valence electrons.